The molecule has 1 fully saturated rings. The maximum Gasteiger partial charge on any atom is 0.251 e. The van der Waals surface area contributed by atoms with Crippen molar-refractivity contribution >= 4 is 27.7 Å². The van der Waals surface area contributed by atoms with Crippen molar-refractivity contribution in [3.8, 4) is 0 Å². The zero-order chi connectivity index (χ0) is 21.3. The number of benzene rings is 2. The summed E-state index contributed by atoms with van der Waals surface area (Å²) in [4.78, 5) is 13.5. The number of fused-ring (bicyclic) bond motifs is 1. The molecule has 1 atom stereocenters. The van der Waals surface area contributed by atoms with Gasteiger partial charge >= 0.3 is 0 Å². The first kappa shape index (κ1) is 21.3. The highest BCUT2D eigenvalue weighted by Gasteiger charge is 2.29. The predicted molar refractivity (Wildman–Crippen MR) is 116 cm³/mol. The number of rotatable bonds is 4. The van der Waals surface area contributed by atoms with E-state index in [4.69, 9.17) is 0 Å². The maximum absolute atomic E-state index is 14.0. The Morgan fingerprint density at radius 2 is 1.80 bits per heavy atom. The molecule has 1 amide bonds. The van der Waals surface area contributed by atoms with Gasteiger partial charge in [0.2, 0.25) is 10.0 Å². The second kappa shape index (κ2) is 8.69. The summed E-state index contributed by atoms with van der Waals surface area (Å²) in [6, 6.07) is 10.7. The largest absolute Gasteiger partial charge is 0.345 e. The molecule has 160 valence electrons. The van der Waals surface area contributed by atoms with Gasteiger partial charge < -0.3 is 5.32 Å². The van der Waals surface area contributed by atoms with Gasteiger partial charge in [0.05, 0.1) is 10.9 Å². The molecule has 1 saturated heterocycles. The Bertz CT molecular complexity index is 1030. The molecule has 0 spiro atoms. The summed E-state index contributed by atoms with van der Waals surface area (Å²) < 4.78 is 41.3. The van der Waals surface area contributed by atoms with Crippen molar-refractivity contribution in [1.29, 1.82) is 0 Å². The highest BCUT2D eigenvalue weighted by molar-refractivity contribution is 7.99. The quantitative estimate of drug-likeness (QED) is 0.761. The number of thioether (sulfide) groups is 1. The average Bonchev–Trinajstić information content (AvgIpc) is 2.75. The van der Waals surface area contributed by atoms with Gasteiger partial charge in [-0.15, -0.1) is 11.8 Å². The van der Waals surface area contributed by atoms with E-state index in [0.717, 1.165) is 24.2 Å². The van der Waals surface area contributed by atoms with Gasteiger partial charge in [-0.05, 0) is 61.1 Å². The van der Waals surface area contributed by atoms with E-state index in [1.165, 1.54) is 34.3 Å². The lowest BCUT2D eigenvalue weighted by atomic mass is 10.0. The van der Waals surface area contributed by atoms with Crippen LogP contribution < -0.4 is 5.32 Å². The summed E-state index contributed by atoms with van der Waals surface area (Å²) in [5.74, 6) is 0.708. The predicted octanol–water partition coefficient (Wildman–Crippen LogP) is 4.21. The number of hydrogen-bond acceptors (Lipinski definition) is 4. The molecule has 5 nitrogen and oxygen atoms in total. The van der Waals surface area contributed by atoms with Gasteiger partial charge in [-0.1, -0.05) is 19.1 Å². The van der Waals surface area contributed by atoms with Crippen LogP contribution in [0.1, 0.15) is 48.1 Å². The highest BCUT2D eigenvalue weighted by atomic mass is 32.2. The van der Waals surface area contributed by atoms with E-state index in [2.05, 4.69) is 12.2 Å². The number of nitrogens with zero attached hydrogens (tertiary/aromatic N) is 1. The van der Waals surface area contributed by atoms with Crippen LogP contribution in [-0.4, -0.2) is 37.5 Å². The number of nitrogens with one attached hydrogen (secondary N) is 1. The lowest BCUT2D eigenvalue weighted by Gasteiger charge is -2.29. The Balaban J connectivity index is 1.47. The van der Waals surface area contributed by atoms with Crippen LogP contribution in [0.25, 0.3) is 0 Å². The minimum absolute atomic E-state index is 0.204. The van der Waals surface area contributed by atoms with Gasteiger partial charge in [0.1, 0.15) is 5.82 Å². The normalized spacial score (nSPS) is 20.5. The molecule has 1 N–H and O–H groups in total. The van der Waals surface area contributed by atoms with Gasteiger partial charge in [0.15, 0.2) is 0 Å². The Kier molecular flexibility index (Phi) is 6.18. The van der Waals surface area contributed by atoms with E-state index < -0.39 is 10.0 Å². The van der Waals surface area contributed by atoms with Crippen LogP contribution in [-0.2, 0) is 10.0 Å². The van der Waals surface area contributed by atoms with E-state index in [0.29, 0.717) is 35.9 Å². The molecule has 2 heterocycles. The summed E-state index contributed by atoms with van der Waals surface area (Å²) >= 11 is 1.46. The third-order valence-corrected chi connectivity index (χ3v) is 8.90. The third kappa shape index (κ3) is 4.26. The van der Waals surface area contributed by atoms with E-state index in [9.17, 15) is 17.6 Å². The van der Waals surface area contributed by atoms with E-state index in [1.54, 1.807) is 18.2 Å². The van der Waals surface area contributed by atoms with E-state index >= 15 is 0 Å². The second-order valence-corrected chi connectivity index (χ2v) is 11.0. The fraction of sp³-hybridized carbons (Fsp3) is 0.409. The Labute approximate surface area is 181 Å². The Hall–Kier alpha value is -1.90. The number of sulfonamides is 1. The first-order valence-corrected chi connectivity index (χ1v) is 12.6. The first-order valence-electron chi connectivity index (χ1n) is 10.2. The maximum atomic E-state index is 14.0. The molecule has 0 radical (unpaired) electrons. The fourth-order valence-corrected chi connectivity index (χ4v) is 6.54. The van der Waals surface area contributed by atoms with Crippen molar-refractivity contribution in [1.82, 2.24) is 9.62 Å². The minimum Gasteiger partial charge on any atom is -0.345 e. The van der Waals surface area contributed by atoms with Crippen molar-refractivity contribution in [2.75, 3.05) is 18.8 Å². The van der Waals surface area contributed by atoms with Crippen molar-refractivity contribution in [3.05, 3.63) is 59.4 Å². The van der Waals surface area contributed by atoms with E-state index in [1.807, 2.05) is 6.07 Å². The molecular formula is C22H25FN2O3S2. The van der Waals surface area contributed by atoms with Gasteiger partial charge in [0, 0.05) is 29.3 Å². The van der Waals surface area contributed by atoms with Gasteiger partial charge in [-0.3, -0.25) is 4.79 Å². The van der Waals surface area contributed by atoms with Crippen molar-refractivity contribution in [2.45, 2.75) is 42.0 Å². The van der Waals surface area contributed by atoms with Crippen molar-refractivity contribution in [2.24, 2.45) is 5.92 Å². The SMILES string of the molecule is CC1CCN(S(=O)(=O)c2ccc(C(=O)N[C@H]3CCSc4c(F)cccc43)cc2)CC1. The van der Waals surface area contributed by atoms with Crippen LogP contribution in [0.4, 0.5) is 4.39 Å². The molecule has 0 unspecified atom stereocenters. The third-order valence-electron chi connectivity index (χ3n) is 5.83. The number of piperidine rings is 1. The van der Waals surface area contributed by atoms with Crippen LogP contribution in [0.2, 0.25) is 0 Å². The molecular weight excluding hydrogens is 423 g/mol. The molecule has 2 aromatic rings. The first-order chi connectivity index (χ1) is 14.4. The Morgan fingerprint density at radius 3 is 2.50 bits per heavy atom. The molecule has 0 saturated carbocycles. The summed E-state index contributed by atoms with van der Waals surface area (Å²) in [5, 5.41) is 2.97. The summed E-state index contributed by atoms with van der Waals surface area (Å²) in [6.07, 6.45) is 2.44. The van der Waals surface area contributed by atoms with Crippen molar-refractivity contribution < 1.29 is 17.6 Å². The highest BCUT2D eigenvalue weighted by Crippen LogP contribution is 2.37. The molecule has 8 heteroatoms. The van der Waals surface area contributed by atoms with Crippen LogP contribution in [0.5, 0.6) is 0 Å². The fourth-order valence-electron chi connectivity index (χ4n) is 3.93. The van der Waals surface area contributed by atoms with Gasteiger partial charge in [-0.25, -0.2) is 12.8 Å². The van der Waals surface area contributed by atoms with Crippen molar-refractivity contribution in [3.63, 3.8) is 0 Å². The monoisotopic (exact) mass is 448 g/mol. The average molecular weight is 449 g/mol. The zero-order valence-corrected chi connectivity index (χ0v) is 18.4. The molecule has 2 aliphatic heterocycles. The summed E-state index contributed by atoms with van der Waals surface area (Å²) in [5.41, 5.74) is 1.18. The zero-order valence-electron chi connectivity index (χ0n) is 16.8. The lowest BCUT2D eigenvalue weighted by Crippen LogP contribution is -2.37. The van der Waals surface area contributed by atoms with Crippen LogP contribution in [0, 0.1) is 11.7 Å². The molecule has 0 aromatic heterocycles. The summed E-state index contributed by atoms with van der Waals surface area (Å²) in [6.45, 7) is 3.19. The standard InChI is InChI=1S/C22H25FN2O3S2/c1-15-9-12-25(13-10-15)30(27,28)17-7-5-16(6-8-17)22(26)24-20-11-14-29-21-18(20)3-2-4-19(21)23/h2-8,15,20H,9-14H2,1H3,(H,24,26)/t20-/m0/s1. The molecule has 2 aliphatic rings. The molecule has 4 rings (SSSR count). The number of carbonyl (C=O) groups excluding carboxylic acids is 1. The van der Waals surface area contributed by atoms with E-state index in [-0.39, 0.29) is 22.7 Å². The smallest absolute Gasteiger partial charge is 0.251 e. The number of hydrogen-bond donors (Lipinski definition) is 1. The number of halogens is 1. The number of amides is 1. The second-order valence-electron chi connectivity index (χ2n) is 7.93. The van der Waals surface area contributed by atoms with Crippen LogP contribution in [0.3, 0.4) is 0 Å². The van der Waals surface area contributed by atoms with Gasteiger partial charge in [-0.2, -0.15) is 4.31 Å². The topological polar surface area (TPSA) is 66.5 Å². The van der Waals surface area contributed by atoms with Gasteiger partial charge in [0.25, 0.3) is 5.91 Å². The van der Waals surface area contributed by atoms with Crippen LogP contribution >= 0.6 is 11.8 Å². The molecule has 0 bridgehead atoms. The van der Waals surface area contributed by atoms with Crippen LogP contribution in [0.15, 0.2) is 52.3 Å². The molecule has 2 aromatic carbocycles. The molecule has 0 aliphatic carbocycles. The Morgan fingerprint density at radius 1 is 1.10 bits per heavy atom. The summed E-state index contributed by atoms with van der Waals surface area (Å²) in [7, 11) is -3.54. The number of carbonyl (C=O) groups is 1. The minimum atomic E-state index is -3.54. The lowest BCUT2D eigenvalue weighted by molar-refractivity contribution is 0.0934. The molecule has 30 heavy (non-hydrogen) atoms.